The van der Waals surface area contributed by atoms with Crippen molar-refractivity contribution in [2.75, 3.05) is 7.05 Å². The largest absolute Gasteiger partial charge is 0.454 e. The van der Waals surface area contributed by atoms with Crippen molar-refractivity contribution in [2.45, 2.75) is 43.2 Å². The van der Waals surface area contributed by atoms with Crippen LogP contribution in [0.1, 0.15) is 20.8 Å². The van der Waals surface area contributed by atoms with Gasteiger partial charge in [-0.2, -0.15) is 0 Å². The molecule has 0 bridgehead atoms. The van der Waals surface area contributed by atoms with E-state index in [-0.39, 0.29) is 0 Å². The third-order valence-corrected chi connectivity index (χ3v) is 5.23. The Balaban J connectivity index is 2.66. The van der Waals surface area contributed by atoms with Crippen molar-refractivity contribution in [2.24, 2.45) is 28.3 Å². The molecule has 2 rings (SSSR count). The number of nitrogens with two attached hydrogens (primary N) is 4. The van der Waals surface area contributed by atoms with Crippen LogP contribution in [0.4, 0.5) is 0 Å². The molecular formula is C10H21N5O2. The molecule has 7 heteroatoms. The van der Waals surface area contributed by atoms with Crippen molar-refractivity contribution in [3.05, 3.63) is 0 Å². The van der Waals surface area contributed by atoms with E-state index in [0.29, 0.717) is 0 Å². The van der Waals surface area contributed by atoms with Crippen molar-refractivity contribution >= 4 is 5.97 Å². The van der Waals surface area contributed by atoms with E-state index in [2.05, 4.69) is 5.32 Å². The summed E-state index contributed by atoms with van der Waals surface area (Å²) in [6, 6.07) is 0. The molecule has 2 fully saturated rings. The van der Waals surface area contributed by atoms with Gasteiger partial charge in [-0.3, -0.25) is 5.32 Å². The molecular weight excluding hydrogens is 222 g/mol. The summed E-state index contributed by atoms with van der Waals surface area (Å²) in [5.74, 6) is -0.605. The molecule has 17 heavy (non-hydrogen) atoms. The summed E-state index contributed by atoms with van der Waals surface area (Å²) in [5, 5.41) is 2.91. The number of carbonyl (C=O) groups is 1. The molecule has 7 nitrogen and oxygen atoms in total. The Bertz CT molecular complexity index is 410. The first-order chi connectivity index (χ1) is 7.44. The number of nitrogens with one attached hydrogen (secondary N) is 1. The molecule has 0 aromatic rings. The van der Waals surface area contributed by atoms with Crippen molar-refractivity contribution in [3.63, 3.8) is 0 Å². The Morgan fingerprint density at radius 1 is 1.12 bits per heavy atom. The Hall–Kier alpha value is -0.730. The Labute approximate surface area is 100 Å². The number of fused-ring (bicyclic) bond motifs is 1. The van der Waals surface area contributed by atoms with E-state index in [1.165, 1.54) is 6.92 Å². The monoisotopic (exact) mass is 243 g/mol. The zero-order chi connectivity index (χ0) is 13.5. The second-order valence-corrected chi connectivity index (χ2v) is 5.68. The molecule has 1 saturated heterocycles. The molecule has 1 heterocycles. The normalized spacial score (nSPS) is 56.1. The van der Waals surface area contributed by atoms with Crippen LogP contribution in [0.5, 0.6) is 0 Å². The summed E-state index contributed by atoms with van der Waals surface area (Å²) < 4.78 is 5.34. The van der Waals surface area contributed by atoms with Gasteiger partial charge >= 0.3 is 5.97 Å². The lowest BCUT2D eigenvalue weighted by Gasteiger charge is -2.50. The highest BCUT2D eigenvalue weighted by Crippen LogP contribution is 2.70. The average Bonchev–Trinajstić information content (AvgIpc) is 2.56. The van der Waals surface area contributed by atoms with Gasteiger partial charge < -0.3 is 27.7 Å². The maximum atomic E-state index is 12.0. The van der Waals surface area contributed by atoms with Crippen LogP contribution < -0.4 is 28.3 Å². The van der Waals surface area contributed by atoms with Crippen molar-refractivity contribution in [1.82, 2.24) is 5.32 Å². The standard InChI is InChI=1S/C10H21N5O2/c1-6(11)5(16)17-8(3)7(2,9(8,12)13)10(6,14)15-4/h15H,11-14H2,1-4H3. The molecule has 98 valence electrons. The van der Waals surface area contributed by atoms with Gasteiger partial charge in [0.15, 0.2) is 5.60 Å². The minimum atomic E-state index is -1.41. The fourth-order valence-electron chi connectivity index (χ4n) is 3.31. The second kappa shape index (κ2) is 2.65. The van der Waals surface area contributed by atoms with Crippen LogP contribution in [-0.2, 0) is 9.53 Å². The number of rotatable bonds is 1. The molecule has 0 spiro atoms. The van der Waals surface area contributed by atoms with Gasteiger partial charge in [-0.1, -0.05) is 0 Å². The first kappa shape index (κ1) is 12.7. The molecule has 1 aliphatic heterocycles. The Kier molecular flexibility index (Phi) is 1.98. The fraction of sp³-hybridized carbons (Fsp3) is 0.900. The number of likely N-dealkylation sites (N-methyl/N-ethyl adjacent to an activating group) is 1. The van der Waals surface area contributed by atoms with Crippen LogP contribution in [0, 0.1) is 5.41 Å². The minimum Gasteiger partial charge on any atom is -0.454 e. The van der Waals surface area contributed by atoms with Gasteiger partial charge in [-0.15, -0.1) is 0 Å². The third kappa shape index (κ3) is 0.849. The van der Waals surface area contributed by atoms with E-state index in [4.69, 9.17) is 27.7 Å². The van der Waals surface area contributed by atoms with E-state index in [1.807, 2.05) is 0 Å². The predicted octanol–water partition coefficient (Wildman–Crippen LogP) is -2.47. The van der Waals surface area contributed by atoms with Gasteiger partial charge in [-0.25, -0.2) is 4.79 Å². The van der Waals surface area contributed by atoms with Gasteiger partial charge in [0.05, 0.1) is 5.41 Å². The molecule has 1 saturated carbocycles. The van der Waals surface area contributed by atoms with Gasteiger partial charge in [0.1, 0.15) is 16.9 Å². The van der Waals surface area contributed by atoms with E-state index in [0.717, 1.165) is 0 Å². The molecule has 0 amide bonds. The molecule has 4 unspecified atom stereocenters. The van der Waals surface area contributed by atoms with E-state index in [1.54, 1.807) is 20.9 Å². The van der Waals surface area contributed by atoms with Crippen molar-refractivity contribution < 1.29 is 9.53 Å². The van der Waals surface area contributed by atoms with Gasteiger partial charge in [0.25, 0.3) is 0 Å². The number of hydrogen-bond acceptors (Lipinski definition) is 7. The lowest BCUT2D eigenvalue weighted by molar-refractivity contribution is -0.176. The van der Waals surface area contributed by atoms with Gasteiger partial charge in [-0.05, 0) is 27.8 Å². The van der Waals surface area contributed by atoms with E-state index < -0.39 is 33.8 Å². The molecule has 1 aliphatic carbocycles. The highest BCUT2D eigenvalue weighted by molar-refractivity contribution is 5.86. The van der Waals surface area contributed by atoms with Crippen LogP contribution in [0.15, 0.2) is 0 Å². The summed E-state index contributed by atoms with van der Waals surface area (Å²) in [5.41, 5.74) is 18.7. The molecule has 9 N–H and O–H groups in total. The van der Waals surface area contributed by atoms with Crippen molar-refractivity contribution in [3.8, 4) is 0 Å². The van der Waals surface area contributed by atoms with E-state index in [9.17, 15) is 4.79 Å². The number of hydrogen-bond donors (Lipinski definition) is 5. The SMILES string of the molecule is CNC1(N)C(C)(N)C(=O)OC2(C)C(N)(N)C12C. The predicted molar refractivity (Wildman–Crippen MR) is 62.3 cm³/mol. The lowest BCUT2D eigenvalue weighted by Crippen LogP contribution is -2.82. The van der Waals surface area contributed by atoms with E-state index >= 15 is 0 Å². The lowest BCUT2D eigenvalue weighted by atomic mass is 9.71. The zero-order valence-electron chi connectivity index (χ0n) is 10.6. The summed E-state index contributed by atoms with van der Waals surface area (Å²) in [7, 11) is 1.63. The summed E-state index contributed by atoms with van der Waals surface area (Å²) in [4.78, 5) is 12.0. The van der Waals surface area contributed by atoms with Crippen LogP contribution in [0.3, 0.4) is 0 Å². The topological polar surface area (TPSA) is 142 Å². The maximum absolute atomic E-state index is 12.0. The Morgan fingerprint density at radius 3 is 2.00 bits per heavy atom. The summed E-state index contributed by atoms with van der Waals surface area (Å²) >= 11 is 0. The molecule has 2 aliphatic rings. The number of esters is 1. The highest BCUT2D eigenvalue weighted by Gasteiger charge is 2.93. The molecule has 0 radical (unpaired) electrons. The summed E-state index contributed by atoms with van der Waals surface area (Å²) in [6.07, 6.45) is 0. The average molecular weight is 243 g/mol. The molecule has 4 atom stereocenters. The first-order valence-electron chi connectivity index (χ1n) is 5.52. The Morgan fingerprint density at radius 2 is 1.59 bits per heavy atom. The summed E-state index contributed by atoms with van der Waals surface area (Å²) in [6.45, 7) is 4.98. The second-order valence-electron chi connectivity index (χ2n) is 5.68. The van der Waals surface area contributed by atoms with Crippen LogP contribution in [0.2, 0.25) is 0 Å². The molecule has 0 aromatic heterocycles. The number of ether oxygens (including phenoxy) is 1. The number of carbonyl (C=O) groups excluding carboxylic acids is 1. The van der Waals surface area contributed by atoms with Gasteiger partial charge in [0, 0.05) is 0 Å². The van der Waals surface area contributed by atoms with Crippen LogP contribution in [0.25, 0.3) is 0 Å². The fourth-order valence-corrected chi connectivity index (χ4v) is 3.31. The maximum Gasteiger partial charge on any atom is 0.329 e. The van der Waals surface area contributed by atoms with Crippen LogP contribution in [-0.4, -0.2) is 35.5 Å². The van der Waals surface area contributed by atoms with Crippen LogP contribution >= 0.6 is 0 Å². The highest BCUT2D eigenvalue weighted by atomic mass is 16.6. The zero-order valence-corrected chi connectivity index (χ0v) is 10.6. The minimum absolute atomic E-state index is 0.605. The quantitative estimate of drug-likeness (QED) is 0.253. The smallest absolute Gasteiger partial charge is 0.329 e. The molecule has 0 aromatic carbocycles. The third-order valence-electron chi connectivity index (χ3n) is 5.23. The van der Waals surface area contributed by atoms with Crippen molar-refractivity contribution in [1.29, 1.82) is 0 Å². The first-order valence-corrected chi connectivity index (χ1v) is 5.52. The van der Waals surface area contributed by atoms with Gasteiger partial charge in [0.2, 0.25) is 0 Å².